The zero-order valence-corrected chi connectivity index (χ0v) is 15.1. The van der Waals surface area contributed by atoms with Crippen LogP contribution < -0.4 is 5.32 Å². The molecular formula is C21H23F3N2O. The second kappa shape index (κ2) is 8.57. The van der Waals surface area contributed by atoms with Crippen molar-refractivity contribution in [1.29, 1.82) is 0 Å². The van der Waals surface area contributed by atoms with Crippen molar-refractivity contribution in [2.75, 3.05) is 18.4 Å². The van der Waals surface area contributed by atoms with Crippen LogP contribution in [0.4, 0.5) is 18.9 Å². The maximum atomic E-state index is 13.0. The fourth-order valence-electron chi connectivity index (χ4n) is 3.35. The SMILES string of the molecule is O=C(Nc1ccccc1C(F)(F)F)c1ccc(CN2CCCCCC2)cc1. The lowest BCUT2D eigenvalue weighted by atomic mass is 10.1. The molecule has 0 aliphatic carbocycles. The molecule has 1 saturated heterocycles. The molecule has 0 unspecified atom stereocenters. The molecule has 1 N–H and O–H groups in total. The lowest BCUT2D eigenvalue weighted by Crippen LogP contribution is -2.24. The molecule has 1 aliphatic heterocycles. The molecule has 3 rings (SSSR count). The van der Waals surface area contributed by atoms with E-state index in [0.29, 0.717) is 5.56 Å². The lowest BCUT2D eigenvalue weighted by Gasteiger charge is -2.19. The number of hydrogen-bond acceptors (Lipinski definition) is 2. The van der Waals surface area contributed by atoms with Gasteiger partial charge in [0.05, 0.1) is 11.3 Å². The maximum absolute atomic E-state index is 13.0. The van der Waals surface area contributed by atoms with Gasteiger partial charge in [0.15, 0.2) is 0 Å². The molecule has 0 spiro atoms. The summed E-state index contributed by atoms with van der Waals surface area (Å²) in [6.07, 6.45) is 0.448. The van der Waals surface area contributed by atoms with Crippen LogP contribution in [0.1, 0.15) is 47.2 Å². The van der Waals surface area contributed by atoms with E-state index in [1.807, 2.05) is 12.1 Å². The van der Waals surface area contributed by atoms with Gasteiger partial charge in [-0.3, -0.25) is 9.69 Å². The highest BCUT2D eigenvalue weighted by atomic mass is 19.4. The van der Waals surface area contributed by atoms with Crippen molar-refractivity contribution >= 4 is 11.6 Å². The summed E-state index contributed by atoms with van der Waals surface area (Å²) >= 11 is 0. The first kappa shape index (κ1) is 19.4. The minimum atomic E-state index is -4.51. The summed E-state index contributed by atoms with van der Waals surface area (Å²) in [7, 11) is 0. The molecule has 2 aromatic rings. The van der Waals surface area contributed by atoms with Crippen LogP contribution >= 0.6 is 0 Å². The first-order valence-corrected chi connectivity index (χ1v) is 9.22. The summed E-state index contributed by atoms with van der Waals surface area (Å²) in [6, 6.07) is 12.1. The number of hydrogen-bond donors (Lipinski definition) is 1. The molecule has 0 atom stereocenters. The van der Waals surface area contributed by atoms with Gasteiger partial charge in [-0.1, -0.05) is 37.1 Å². The van der Waals surface area contributed by atoms with Crippen LogP contribution in [0.5, 0.6) is 0 Å². The van der Waals surface area contributed by atoms with E-state index >= 15 is 0 Å². The summed E-state index contributed by atoms with van der Waals surface area (Å²) in [5.74, 6) is -0.548. The molecule has 144 valence electrons. The highest BCUT2D eigenvalue weighted by Crippen LogP contribution is 2.34. The highest BCUT2D eigenvalue weighted by molar-refractivity contribution is 6.04. The normalized spacial score (nSPS) is 16.0. The molecule has 0 aromatic heterocycles. The molecule has 1 amide bonds. The molecule has 1 fully saturated rings. The van der Waals surface area contributed by atoms with Gasteiger partial charge in [0.2, 0.25) is 0 Å². The number of rotatable bonds is 4. The molecule has 2 aromatic carbocycles. The average molecular weight is 376 g/mol. The monoisotopic (exact) mass is 376 g/mol. The number of nitrogens with one attached hydrogen (secondary N) is 1. The van der Waals surface area contributed by atoms with Gasteiger partial charge in [0, 0.05) is 12.1 Å². The Morgan fingerprint density at radius 3 is 2.19 bits per heavy atom. The van der Waals surface area contributed by atoms with Crippen LogP contribution in [0.25, 0.3) is 0 Å². The Hall–Kier alpha value is -2.34. The lowest BCUT2D eigenvalue weighted by molar-refractivity contribution is -0.136. The van der Waals surface area contributed by atoms with E-state index in [1.54, 1.807) is 12.1 Å². The maximum Gasteiger partial charge on any atom is 0.418 e. The Balaban J connectivity index is 1.66. The number of amides is 1. The highest BCUT2D eigenvalue weighted by Gasteiger charge is 2.33. The second-order valence-corrected chi connectivity index (χ2v) is 6.88. The smallest absolute Gasteiger partial charge is 0.321 e. The fraction of sp³-hybridized carbons (Fsp3) is 0.381. The topological polar surface area (TPSA) is 32.3 Å². The van der Waals surface area contributed by atoms with Crippen molar-refractivity contribution in [2.45, 2.75) is 38.4 Å². The Morgan fingerprint density at radius 1 is 0.926 bits per heavy atom. The fourth-order valence-corrected chi connectivity index (χ4v) is 3.35. The number of likely N-dealkylation sites (tertiary alicyclic amines) is 1. The number of halogens is 3. The van der Waals surface area contributed by atoms with E-state index in [-0.39, 0.29) is 5.69 Å². The minimum absolute atomic E-state index is 0.233. The number of nitrogens with zero attached hydrogens (tertiary/aromatic N) is 1. The summed E-state index contributed by atoms with van der Waals surface area (Å²) in [4.78, 5) is 14.8. The molecular weight excluding hydrogens is 353 g/mol. The van der Waals surface area contributed by atoms with Gasteiger partial charge in [-0.15, -0.1) is 0 Å². The third-order valence-electron chi connectivity index (χ3n) is 4.80. The van der Waals surface area contributed by atoms with E-state index < -0.39 is 17.6 Å². The number of carbonyl (C=O) groups excluding carboxylic acids is 1. The number of para-hydroxylation sites is 1. The number of benzene rings is 2. The van der Waals surface area contributed by atoms with Gasteiger partial charge >= 0.3 is 6.18 Å². The van der Waals surface area contributed by atoms with Crippen molar-refractivity contribution in [1.82, 2.24) is 4.90 Å². The summed E-state index contributed by atoms with van der Waals surface area (Å²) in [5.41, 5.74) is 0.357. The quantitative estimate of drug-likeness (QED) is 0.782. The van der Waals surface area contributed by atoms with Gasteiger partial charge in [-0.2, -0.15) is 13.2 Å². The molecule has 1 aliphatic rings. The molecule has 6 heteroatoms. The molecule has 3 nitrogen and oxygen atoms in total. The van der Waals surface area contributed by atoms with Crippen molar-refractivity contribution < 1.29 is 18.0 Å². The van der Waals surface area contributed by atoms with Crippen LogP contribution in [-0.4, -0.2) is 23.9 Å². The predicted molar refractivity (Wildman–Crippen MR) is 99.6 cm³/mol. The Kier molecular flexibility index (Phi) is 6.16. The van der Waals surface area contributed by atoms with Gasteiger partial charge in [0.1, 0.15) is 0 Å². The molecule has 1 heterocycles. The second-order valence-electron chi connectivity index (χ2n) is 6.88. The van der Waals surface area contributed by atoms with Crippen LogP contribution in [0.3, 0.4) is 0 Å². The number of alkyl halides is 3. The molecule has 0 saturated carbocycles. The number of anilines is 1. The van der Waals surface area contributed by atoms with E-state index in [0.717, 1.165) is 31.3 Å². The van der Waals surface area contributed by atoms with E-state index in [2.05, 4.69) is 10.2 Å². The molecule has 0 radical (unpaired) electrons. The van der Waals surface area contributed by atoms with Gasteiger partial charge in [0.25, 0.3) is 5.91 Å². The van der Waals surface area contributed by atoms with Crippen LogP contribution in [-0.2, 0) is 12.7 Å². The van der Waals surface area contributed by atoms with Crippen molar-refractivity contribution in [2.24, 2.45) is 0 Å². The van der Waals surface area contributed by atoms with Crippen LogP contribution in [0, 0.1) is 0 Å². The van der Waals surface area contributed by atoms with Crippen LogP contribution in [0.2, 0.25) is 0 Å². The standard InChI is InChI=1S/C21H23F3N2O/c22-21(23,24)18-7-3-4-8-19(18)25-20(27)17-11-9-16(10-12-17)15-26-13-5-1-2-6-14-26/h3-4,7-12H,1-2,5-6,13-15H2,(H,25,27). The Bertz CT molecular complexity index is 764. The van der Waals surface area contributed by atoms with E-state index in [1.165, 1.54) is 43.9 Å². The van der Waals surface area contributed by atoms with Gasteiger partial charge in [-0.25, -0.2) is 0 Å². The third-order valence-corrected chi connectivity index (χ3v) is 4.80. The van der Waals surface area contributed by atoms with Crippen molar-refractivity contribution in [3.8, 4) is 0 Å². The van der Waals surface area contributed by atoms with E-state index in [9.17, 15) is 18.0 Å². The largest absolute Gasteiger partial charge is 0.418 e. The molecule has 27 heavy (non-hydrogen) atoms. The summed E-state index contributed by atoms with van der Waals surface area (Å²) < 4.78 is 39.1. The minimum Gasteiger partial charge on any atom is -0.321 e. The van der Waals surface area contributed by atoms with Gasteiger partial charge in [-0.05, 0) is 55.8 Å². The first-order valence-electron chi connectivity index (χ1n) is 9.22. The zero-order chi connectivity index (χ0) is 19.3. The average Bonchev–Trinajstić information content (AvgIpc) is 2.90. The predicted octanol–water partition coefficient (Wildman–Crippen LogP) is 5.33. The Morgan fingerprint density at radius 2 is 1.56 bits per heavy atom. The Labute approximate surface area is 157 Å². The van der Waals surface area contributed by atoms with Crippen molar-refractivity contribution in [3.05, 3.63) is 65.2 Å². The third kappa shape index (κ3) is 5.32. The van der Waals surface area contributed by atoms with E-state index in [4.69, 9.17) is 0 Å². The summed E-state index contributed by atoms with van der Waals surface area (Å²) in [6.45, 7) is 2.99. The van der Waals surface area contributed by atoms with Crippen molar-refractivity contribution in [3.63, 3.8) is 0 Å². The molecule has 0 bridgehead atoms. The van der Waals surface area contributed by atoms with Gasteiger partial charge < -0.3 is 5.32 Å². The van der Waals surface area contributed by atoms with Crippen LogP contribution in [0.15, 0.2) is 48.5 Å². The zero-order valence-electron chi connectivity index (χ0n) is 15.1. The summed E-state index contributed by atoms with van der Waals surface area (Å²) in [5, 5.41) is 2.37. The first-order chi connectivity index (χ1) is 12.9. The number of carbonyl (C=O) groups is 1.